The second-order valence-corrected chi connectivity index (χ2v) is 3.04. The molecule has 0 fully saturated rings. The molecule has 3 heteroatoms. The standard InChI is InChI=1S/C10H15N3/c1-3-4-6-11-10(2)9-13-8-5-7-12-13/h1,5,7-8,10-11H,4,6,9H2,2H3. The minimum absolute atomic E-state index is 0.410. The average Bonchev–Trinajstić information content (AvgIpc) is 2.57. The largest absolute Gasteiger partial charge is 0.311 e. The van der Waals surface area contributed by atoms with Crippen LogP contribution in [0.1, 0.15) is 13.3 Å². The molecule has 0 aromatic carbocycles. The van der Waals surface area contributed by atoms with Crippen LogP contribution in [0.25, 0.3) is 0 Å². The maximum absolute atomic E-state index is 5.14. The molecule has 1 unspecified atom stereocenters. The number of aromatic nitrogens is 2. The summed E-state index contributed by atoms with van der Waals surface area (Å²) in [6, 6.07) is 2.34. The van der Waals surface area contributed by atoms with Crippen LogP contribution in [-0.4, -0.2) is 22.4 Å². The van der Waals surface area contributed by atoms with Crippen LogP contribution in [0, 0.1) is 12.3 Å². The van der Waals surface area contributed by atoms with E-state index in [9.17, 15) is 0 Å². The van der Waals surface area contributed by atoms with E-state index in [0.717, 1.165) is 19.5 Å². The molecule has 1 heterocycles. The Morgan fingerprint density at radius 3 is 3.15 bits per heavy atom. The first kappa shape index (κ1) is 9.82. The van der Waals surface area contributed by atoms with Gasteiger partial charge in [-0.2, -0.15) is 5.10 Å². The predicted molar refractivity (Wildman–Crippen MR) is 53.1 cm³/mol. The lowest BCUT2D eigenvalue weighted by Crippen LogP contribution is -2.31. The molecule has 1 aromatic rings. The number of rotatable bonds is 5. The molecule has 0 radical (unpaired) electrons. The van der Waals surface area contributed by atoms with E-state index in [4.69, 9.17) is 6.42 Å². The van der Waals surface area contributed by atoms with Crippen molar-refractivity contribution in [1.29, 1.82) is 0 Å². The summed E-state index contributed by atoms with van der Waals surface area (Å²) in [5, 5.41) is 7.44. The van der Waals surface area contributed by atoms with Crippen LogP contribution >= 0.6 is 0 Å². The van der Waals surface area contributed by atoms with E-state index in [-0.39, 0.29) is 0 Å². The fourth-order valence-electron chi connectivity index (χ4n) is 1.14. The van der Waals surface area contributed by atoms with E-state index < -0.39 is 0 Å². The van der Waals surface area contributed by atoms with Gasteiger partial charge in [-0.3, -0.25) is 4.68 Å². The van der Waals surface area contributed by atoms with Crippen LogP contribution in [0.3, 0.4) is 0 Å². The van der Waals surface area contributed by atoms with Gasteiger partial charge < -0.3 is 5.32 Å². The van der Waals surface area contributed by atoms with Gasteiger partial charge in [0.25, 0.3) is 0 Å². The number of nitrogens with one attached hydrogen (secondary N) is 1. The third kappa shape index (κ3) is 3.77. The number of hydrogen-bond donors (Lipinski definition) is 1. The van der Waals surface area contributed by atoms with Crippen molar-refractivity contribution in [3.8, 4) is 12.3 Å². The Bertz CT molecular complexity index is 258. The first-order valence-corrected chi connectivity index (χ1v) is 4.47. The Kier molecular flexibility index (Phi) is 4.07. The van der Waals surface area contributed by atoms with Gasteiger partial charge in [-0.1, -0.05) is 0 Å². The summed E-state index contributed by atoms with van der Waals surface area (Å²) in [5.74, 6) is 2.60. The van der Waals surface area contributed by atoms with Gasteiger partial charge in [-0.15, -0.1) is 12.3 Å². The van der Waals surface area contributed by atoms with Crippen molar-refractivity contribution in [2.24, 2.45) is 0 Å². The highest BCUT2D eigenvalue weighted by molar-refractivity contribution is 4.84. The molecule has 1 atom stereocenters. The van der Waals surface area contributed by atoms with Gasteiger partial charge in [-0.05, 0) is 13.0 Å². The van der Waals surface area contributed by atoms with E-state index in [0.29, 0.717) is 6.04 Å². The molecule has 0 aliphatic carbocycles. The Morgan fingerprint density at radius 1 is 1.69 bits per heavy atom. The van der Waals surface area contributed by atoms with Gasteiger partial charge in [0.05, 0.1) is 6.54 Å². The third-order valence-electron chi connectivity index (χ3n) is 1.78. The molecule has 0 aliphatic heterocycles. The molecular formula is C10H15N3. The van der Waals surface area contributed by atoms with Gasteiger partial charge in [0.2, 0.25) is 0 Å². The molecule has 0 saturated heterocycles. The minimum Gasteiger partial charge on any atom is -0.311 e. The summed E-state index contributed by atoms with van der Waals surface area (Å²) in [6.07, 6.45) is 9.67. The van der Waals surface area contributed by atoms with Crippen LogP contribution in [0.15, 0.2) is 18.5 Å². The molecule has 1 rings (SSSR count). The summed E-state index contributed by atoms with van der Waals surface area (Å²) >= 11 is 0. The van der Waals surface area contributed by atoms with Gasteiger partial charge in [0, 0.05) is 31.4 Å². The number of hydrogen-bond acceptors (Lipinski definition) is 2. The molecule has 70 valence electrons. The SMILES string of the molecule is C#CCCNC(C)Cn1cccn1. The highest BCUT2D eigenvalue weighted by atomic mass is 15.3. The predicted octanol–water partition coefficient (Wildman–Crippen LogP) is 0.884. The van der Waals surface area contributed by atoms with Gasteiger partial charge >= 0.3 is 0 Å². The van der Waals surface area contributed by atoms with E-state index in [2.05, 4.69) is 23.3 Å². The van der Waals surface area contributed by atoms with Crippen molar-refractivity contribution in [2.75, 3.05) is 6.54 Å². The fraction of sp³-hybridized carbons (Fsp3) is 0.500. The van der Waals surface area contributed by atoms with E-state index in [1.54, 1.807) is 6.20 Å². The lowest BCUT2D eigenvalue weighted by atomic mass is 10.3. The van der Waals surface area contributed by atoms with Crippen molar-refractivity contribution in [2.45, 2.75) is 25.9 Å². The molecule has 0 aliphatic rings. The van der Waals surface area contributed by atoms with Crippen molar-refractivity contribution in [3.63, 3.8) is 0 Å². The van der Waals surface area contributed by atoms with Crippen LogP contribution in [0.4, 0.5) is 0 Å². The third-order valence-corrected chi connectivity index (χ3v) is 1.78. The van der Waals surface area contributed by atoms with Gasteiger partial charge in [-0.25, -0.2) is 0 Å². The highest BCUT2D eigenvalue weighted by Crippen LogP contribution is 1.90. The second kappa shape index (κ2) is 5.39. The first-order chi connectivity index (χ1) is 6.33. The van der Waals surface area contributed by atoms with Gasteiger partial charge in [0.1, 0.15) is 0 Å². The second-order valence-electron chi connectivity index (χ2n) is 3.04. The smallest absolute Gasteiger partial charge is 0.0559 e. The molecule has 3 nitrogen and oxygen atoms in total. The normalized spacial score (nSPS) is 12.3. The van der Waals surface area contributed by atoms with Crippen molar-refractivity contribution in [3.05, 3.63) is 18.5 Å². The molecular weight excluding hydrogens is 162 g/mol. The average molecular weight is 177 g/mol. The van der Waals surface area contributed by atoms with E-state index >= 15 is 0 Å². The highest BCUT2D eigenvalue weighted by Gasteiger charge is 2.00. The number of terminal acetylenes is 1. The Labute approximate surface area is 79.1 Å². The van der Waals surface area contributed by atoms with Crippen LogP contribution in [0.5, 0.6) is 0 Å². The monoisotopic (exact) mass is 177 g/mol. The van der Waals surface area contributed by atoms with Crippen LogP contribution in [-0.2, 0) is 6.54 Å². The molecule has 0 saturated carbocycles. The van der Waals surface area contributed by atoms with Crippen LogP contribution < -0.4 is 5.32 Å². The van der Waals surface area contributed by atoms with Crippen molar-refractivity contribution < 1.29 is 0 Å². The summed E-state index contributed by atoms with van der Waals surface area (Å²) in [5.41, 5.74) is 0. The molecule has 1 aromatic heterocycles. The summed E-state index contributed by atoms with van der Waals surface area (Å²) in [6.45, 7) is 3.88. The summed E-state index contributed by atoms with van der Waals surface area (Å²) in [7, 11) is 0. The maximum atomic E-state index is 5.14. The summed E-state index contributed by atoms with van der Waals surface area (Å²) in [4.78, 5) is 0. The zero-order valence-electron chi connectivity index (χ0n) is 7.90. The molecule has 13 heavy (non-hydrogen) atoms. The Balaban J connectivity index is 2.19. The molecule has 1 N–H and O–H groups in total. The summed E-state index contributed by atoms with van der Waals surface area (Å²) < 4.78 is 1.91. The zero-order valence-corrected chi connectivity index (χ0v) is 7.90. The lowest BCUT2D eigenvalue weighted by molar-refractivity contribution is 0.456. The molecule has 0 bridgehead atoms. The molecule has 0 amide bonds. The van der Waals surface area contributed by atoms with Crippen LogP contribution in [0.2, 0.25) is 0 Å². The number of nitrogens with zero attached hydrogens (tertiary/aromatic N) is 2. The first-order valence-electron chi connectivity index (χ1n) is 4.47. The molecule has 0 spiro atoms. The quantitative estimate of drug-likeness (QED) is 0.534. The Morgan fingerprint density at radius 2 is 2.54 bits per heavy atom. The zero-order chi connectivity index (χ0) is 9.52. The topological polar surface area (TPSA) is 29.9 Å². The fourth-order valence-corrected chi connectivity index (χ4v) is 1.14. The van der Waals surface area contributed by atoms with E-state index in [1.165, 1.54) is 0 Å². The van der Waals surface area contributed by atoms with E-state index in [1.807, 2.05) is 16.9 Å². The minimum atomic E-state index is 0.410. The Hall–Kier alpha value is -1.27. The van der Waals surface area contributed by atoms with Crippen molar-refractivity contribution in [1.82, 2.24) is 15.1 Å². The van der Waals surface area contributed by atoms with Gasteiger partial charge in [0.15, 0.2) is 0 Å². The lowest BCUT2D eigenvalue weighted by Gasteiger charge is -2.12. The van der Waals surface area contributed by atoms with Crippen molar-refractivity contribution >= 4 is 0 Å². The maximum Gasteiger partial charge on any atom is 0.0559 e.